The number of alkyl carbamates (subject to hydrolysis) is 1. The van der Waals surface area contributed by atoms with E-state index in [0.29, 0.717) is 0 Å². The van der Waals surface area contributed by atoms with Gasteiger partial charge in [0.25, 0.3) is 6.43 Å². The average Bonchev–Trinajstić information content (AvgIpc) is 3.08. The first-order chi connectivity index (χ1) is 15.4. The van der Waals surface area contributed by atoms with Crippen LogP contribution in [0, 0.1) is 0 Å². The first-order valence-corrected chi connectivity index (χ1v) is 9.92. The zero-order valence-corrected chi connectivity index (χ0v) is 17.0. The van der Waals surface area contributed by atoms with E-state index in [1.54, 1.807) is 0 Å². The molecule has 0 spiro atoms. The van der Waals surface area contributed by atoms with Gasteiger partial charge in [-0.15, -0.1) is 0 Å². The highest BCUT2D eigenvalue weighted by molar-refractivity contribution is 5.88. The fourth-order valence-corrected chi connectivity index (χ4v) is 3.58. The van der Waals surface area contributed by atoms with Gasteiger partial charge in [0, 0.05) is 18.5 Å². The van der Waals surface area contributed by atoms with E-state index in [1.165, 1.54) is 6.08 Å². The minimum Gasteiger partial charge on any atom is -0.481 e. The number of aliphatic carboxylic acids is 1. The summed E-state index contributed by atoms with van der Waals surface area (Å²) >= 11 is 0. The van der Waals surface area contributed by atoms with Crippen LogP contribution in [0.3, 0.4) is 0 Å². The lowest BCUT2D eigenvalue weighted by atomic mass is 9.98. The first-order valence-electron chi connectivity index (χ1n) is 9.92. The van der Waals surface area contributed by atoms with Crippen molar-refractivity contribution >= 4 is 18.0 Å². The summed E-state index contributed by atoms with van der Waals surface area (Å²) in [5.41, 5.74) is 4.37. The van der Waals surface area contributed by atoms with Crippen molar-refractivity contribution in [2.45, 2.75) is 24.8 Å². The van der Waals surface area contributed by atoms with Crippen LogP contribution in [0.4, 0.5) is 13.6 Å². The Morgan fingerprint density at radius 1 is 1.03 bits per heavy atom. The van der Waals surface area contributed by atoms with Gasteiger partial charge in [0.2, 0.25) is 5.91 Å². The van der Waals surface area contributed by atoms with E-state index in [2.05, 4.69) is 5.32 Å². The number of hydrogen-bond donors (Lipinski definition) is 3. The highest BCUT2D eigenvalue weighted by Crippen LogP contribution is 2.44. The number of nitrogens with one attached hydrogen (secondary N) is 2. The number of alkyl halides is 2. The molecule has 1 atom stereocenters. The molecule has 1 unspecified atom stereocenters. The summed E-state index contributed by atoms with van der Waals surface area (Å²) < 4.78 is 30.8. The van der Waals surface area contributed by atoms with Crippen LogP contribution < -0.4 is 10.6 Å². The van der Waals surface area contributed by atoms with Gasteiger partial charge in [0.1, 0.15) is 12.6 Å². The quantitative estimate of drug-likeness (QED) is 0.515. The van der Waals surface area contributed by atoms with Gasteiger partial charge in [0.15, 0.2) is 0 Å². The standard InChI is InChI=1S/C23H22F2N2O5/c24-22(25)19(12-21(29)30)27-20(28)10-5-11-26-23(31)32-13-18-16-8-3-1-6-14(16)15-7-2-4-9-17(15)18/h1-10,18-19,22H,11-13H2,(H,26,31)(H,27,28)(H,29,30)/b10-5+. The van der Waals surface area contributed by atoms with Crippen LogP contribution in [-0.2, 0) is 14.3 Å². The summed E-state index contributed by atoms with van der Waals surface area (Å²) in [6.07, 6.45) is -2.40. The molecule has 0 bridgehead atoms. The number of halogens is 2. The molecule has 0 heterocycles. The lowest BCUT2D eigenvalue weighted by Crippen LogP contribution is -2.40. The Labute approximate surface area is 183 Å². The average molecular weight is 444 g/mol. The number of hydrogen-bond acceptors (Lipinski definition) is 4. The van der Waals surface area contributed by atoms with E-state index < -0.39 is 36.9 Å². The van der Waals surface area contributed by atoms with Crippen molar-refractivity contribution < 1.29 is 33.0 Å². The number of carboxylic acid groups (broad SMARTS) is 1. The largest absolute Gasteiger partial charge is 0.481 e. The molecule has 0 saturated heterocycles. The van der Waals surface area contributed by atoms with E-state index in [0.717, 1.165) is 28.3 Å². The smallest absolute Gasteiger partial charge is 0.407 e. The molecule has 2 aromatic rings. The van der Waals surface area contributed by atoms with Gasteiger partial charge in [-0.1, -0.05) is 54.6 Å². The number of carbonyl (C=O) groups is 3. The Hall–Kier alpha value is -3.75. The number of benzene rings is 2. The summed E-state index contributed by atoms with van der Waals surface area (Å²) in [7, 11) is 0. The van der Waals surface area contributed by atoms with E-state index in [-0.39, 0.29) is 19.1 Å². The minimum atomic E-state index is -3.01. The van der Waals surface area contributed by atoms with Crippen molar-refractivity contribution in [1.29, 1.82) is 0 Å². The molecule has 1 aliphatic carbocycles. The number of ether oxygens (including phenoxy) is 1. The van der Waals surface area contributed by atoms with E-state index >= 15 is 0 Å². The molecule has 0 fully saturated rings. The van der Waals surface area contributed by atoms with Gasteiger partial charge in [-0.3, -0.25) is 9.59 Å². The first kappa shape index (κ1) is 22.9. The molecule has 168 valence electrons. The van der Waals surface area contributed by atoms with Crippen LogP contribution >= 0.6 is 0 Å². The maximum Gasteiger partial charge on any atom is 0.407 e. The molecule has 0 aromatic heterocycles. The third-order valence-electron chi connectivity index (χ3n) is 5.00. The third kappa shape index (κ3) is 5.69. The highest BCUT2D eigenvalue weighted by Gasteiger charge is 2.29. The van der Waals surface area contributed by atoms with Crippen LogP contribution in [0.5, 0.6) is 0 Å². The molecular weight excluding hydrogens is 422 g/mol. The summed E-state index contributed by atoms with van der Waals surface area (Å²) in [4.78, 5) is 34.2. The Kier molecular flexibility index (Phi) is 7.54. The lowest BCUT2D eigenvalue weighted by molar-refractivity contribution is -0.138. The maximum atomic E-state index is 12.7. The predicted octanol–water partition coefficient (Wildman–Crippen LogP) is 3.31. The molecule has 1 aliphatic rings. The molecular formula is C23H22F2N2O5. The number of fused-ring (bicyclic) bond motifs is 3. The highest BCUT2D eigenvalue weighted by atomic mass is 19.3. The number of carboxylic acids is 1. The van der Waals surface area contributed by atoms with Crippen molar-refractivity contribution in [1.82, 2.24) is 10.6 Å². The topological polar surface area (TPSA) is 105 Å². The number of amides is 2. The van der Waals surface area contributed by atoms with Gasteiger partial charge in [0.05, 0.1) is 6.42 Å². The van der Waals surface area contributed by atoms with Crippen molar-refractivity contribution in [2.75, 3.05) is 13.2 Å². The predicted molar refractivity (Wildman–Crippen MR) is 112 cm³/mol. The Morgan fingerprint density at radius 3 is 2.19 bits per heavy atom. The SMILES string of the molecule is O=C(O)CC(NC(=O)/C=C/CNC(=O)OCC1c2ccccc2-c2ccccc21)C(F)F. The van der Waals surface area contributed by atoms with Crippen LogP contribution in [-0.4, -0.2) is 48.7 Å². The van der Waals surface area contributed by atoms with E-state index in [1.807, 2.05) is 53.8 Å². The lowest BCUT2D eigenvalue weighted by Gasteiger charge is -2.14. The molecule has 7 nitrogen and oxygen atoms in total. The Bertz CT molecular complexity index is 979. The molecule has 0 aliphatic heterocycles. The molecule has 3 rings (SSSR count). The van der Waals surface area contributed by atoms with Crippen LogP contribution in [0.25, 0.3) is 11.1 Å². The number of carbonyl (C=O) groups excluding carboxylic acids is 2. The van der Waals surface area contributed by atoms with Gasteiger partial charge < -0.3 is 20.5 Å². The zero-order valence-electron chi connectivity index (χ0n) is 17.0. The maximum absolute atomic E-state index is 12.7. The van der Waals surface area contributed by atoms with Crippen molar-refractivity contribution in [3.8, 4) is 11.1 Å². The monoisotopic (exact) mass is 444 g/mol. The Morgan fingerprint density at radius 2 is 1.62 bits per heavy atom. The molecule has 0 saturated carbocycles. The fraction of sp³-hybridized carbons (Fsp3) is 0.261. The van der Waals surface area contributed by atoms with Gasteiger partial charge in [-0.05, 0) is 22.3 Å². The van der Waals surface area contributed by atoms with Crippen molar-refractivity contribution in [3.63, 3.8) is 0 Å². The number of rotatable bonds is 9. The summed E-state index contributed by atoms with van der Waals surface area (Å²) in [5.74, 6) is -2.42. The van der Waals surface area contributed by atoms with Gasteiger partial charge >= 0.3 is 12.1 Å². The Balaban J connectivity index is 1.47. The molecule has 2 amide bonds. The van der Waals surface area contributed by atoms with E-state index in [9.17, 15) is 23.2 Å². The van der Waals surface area contributed by atoms with Crippen LogP contribution in [0.15, 0.2) is 60.7 Å². The molecule has 2 aromatic carbocycles. The fourth-order valence-electron chi connectivity index (χ4n) is 3.58. The van der Waals surface area contributed by atoms with Crippen molar-refractivity contribution in [2.24, 2.45) is 0 Å². The van der Waals surface area contributed by atoms with Gasteiger partial charge in [-0.2, -0.15) is 0 Å². The summed E-state index contributed by atoms with van der Waals surface area (Å²) in [6, 6.07) is 14.0. The molecule has 32 heavy (non-hydrogen) atoms. The second-order valence-electron chi connectivity index (χ2n) is 7.16. The molecule has 3 N–H and O–H groups in total. The third-order valence-corrected chi connectivity index (χ3v) is 5.00. The minimum absolute atomic E-state index is 0.0671. The normalized spacial score (nSPS) is 13.5. The zero-order chi connectivity index (χ0) is 23.1. The molecule has 9 heteroatoms. The summed E-state index contributed by atoms with van der Waals surface area (Å²) in [5, 5.41) is 13.0. The molecule has 0 radical (unpaired) electrons. The second-order valence-corrected chi connectivity index (χ2v) is 7.16. The summed E-state index contributed by atoms with van der Waals surface area (Å²) in [6.45, 7) is 0.0671. The van der Waals surface area contributed by atoms with E-state index in [4.69, 9.17) is 9.84 Å². The van der Waals surface area contributed by atoms with Crippen LogP contribution in [0.2, 0.25) is 0 Å². The second kappa shape index (κ2) is 10.5. The van der Waals surface area contributed by atoms with Crippen LogP contribution in [0.1, 0.15) is 23.5 Å². The van der Waals surface area contributed by atoms with Gasteiger partial charge in [-0.25, -0.2) is 13.6 Å². The van der Waals surface area contributed by atoms with Crippen molar-refractivity contribution in [3.05, 3.63) is 71.8 Å².